The van der Waals surface area contributed by atoms with Gasteiger partial charge in [0.15, 0.2) is 5.11 Å². The first-order valence-corrected chi connectivity index (χ1v) is 8.62. The third-order valence-electron chi connectivity index (χ3n) is 4.06. The summed E-state index contributed by atoms with van der Waals surface area (Å²) in [5.74, 6) is 0.575. The van der Waals surface area contributed by atoms with Crippen LogP contribution in [0.5, 0.6) is 5.75 Å². The van der Waals surface area contributed by atoms with Crippen molar-refractivity contribution < 1.29 is 9.53 Å². The molecule has 0 saturated carbocycles. The van der Waals surface area contributed by atoms with Gasteiger partial charge in [-0.05, 0) is 50.7 Å². The average molecular weight is 368 g/mol. The molecule has 1 aromatic rings. The van der Waals surface area contributed by atoms with Gasteiger partial charge >= 0.3 is 0 Å². The van der Waals surface area contributed by atoms with Gasteiger partial charge in [-0.3, -0.25) is 4.79 Å². The number of nitrogens with zero attached hydrogens (tertiary/aromatic N) is 1. The highest BCUT2D eigenvalue weighted by molar-refractivity contribution is 7.80. The Morgan fingerprint density at radius 3 is 2.58 bits per heavy atom. The van der Waals surface area contributed by atoms with Crippen molar-refractivity contribution in [1.29, 1.82) is 0 Å². The summed E-state index contributed by atoms with van der Waals surface area (Å²) < 4.78 is 5.20. The van der Waals surface area contributed by atoms with Crippen molar-refractivity contribution in [1.82, 2.24) is 15.5 Å². The highest BCUT2D eigenvalue weighted by Crippen LogP contribution is 2.33. The van der Waals surface area contributed by atoms with Crippen LogP contribution in [0.4, 0.5) is 0 Å². The quantitative estimate of drug-likeness (QED) is 0.783. The van der Waals surface area contributed by atoms with Crippen LogP contribution in [0.1, 0.15) is 32.4 Å². The molecular formula is C17H22ClN3O2S. The fraction of sp³-hybridized carbons (Fsp3) is 0.412. The summed E-state index contributed by atoms with van der Waals surface area (Å²) in [4.78, 5) is 14.7. The van der Waals surface area contributed by atoms with Gasteiger partial charge < -0.3 is 20.3 Å². The van der Waals surface area contributed by atoms with E-state index < -0.39 is 0 Å². The van der Waals surface area contributed by atoms with E-state index in [2.05, 4.69) is 10.6 Å². The third-order valence-corrected chi connectivity index (χ3v) is 4.57. The number of allylic oxidation sites excluding steroid dienone is 1. The van der Waals surface area contributed by atoms with E-state index in [1.54, 1.807) is 24.1 Å². The van der Waals surface area contributed by atoms with Gasteiger partial charge in [0.05, 0.1) is 23.7 Å². The van der Waals surface area contributed by atoms with Gasteiger partial charge in [-0.2, -0.15) is 0 Å². The van der Waals surface area contributed by atoms with Crippen LogP contribution < -0.4 is 15.4 Å². The number of amides is 1. The topological polar surface area (TPSA) is 53.6 Å². The van der Waals surface area contributed by atoms with Crippen molar-refractivity contribution in [3.63, 3.8) is 0 Å². The number of benzene rings is 1. The highest BCUT2D eigenvalue weighted by atomic mass is 35.5. The first-order chi connectivity index (χ1) is 11.4. The molecule has 1 amide bonds. The summed E-state index contributed by atoms with van der Waals surface area (Å²) in [6, 6.07) is 5.13. The summed E-state index contributed by atoms with van der Waals surface area (Å²) in [5.41, 5.74) is 2.26. The summed E-state index contributed by atoms with van der Waals surface area (Å²) in [7, 11) is 1.57. The molecule has 7 heteroatoms. The minimum Gasteiger partial charge on any atom is -0.495 e. The molecule has 0 aromatic heterocycles. The van der Waals surface area contributed by atoms with E-state index >= 15 is 0 Å². The van der Waals surface area contributed by atoms with Crippen molar-refractivity contribution in [2.45, 2.75) is 26.8 Å². The summed E-state index contributed by atoms with van der Waals surface area (Å²) >= 11 is 11.5. The lowest BCUT2D eigenvalue weighted by molar-refractivity contribution is -0.127. The molecular weight excluding hydrogens is 346 g/mol. The zero-order valence-corrected chi connectivity index (χ0v) is 15.8. The Kier molecular flexibility index (Phi) is 6.07. The number of methoxy groups -OCH3 is 1. The van der Waals surface area contributed by atoms with Crippen LogP contribution in [0.2, 0.25) is 5.02 Å². The molecule has 0 bridgehead atoms. The van der Waals surface area contributed by atoms with Gasteiger partial charge in [0.1, 0.15) is 5.75 Å². The van der Waals surface area contributed by atoms with Gasteiger partial charge in [-0.25, -0.2) is 0 Å². The molecule has 0 unspecified atom stereocenters. The number of hydrogen-bond acceptors (Lipinski definition) is 3. The number of likely N-dealkylation sites (N-methyl/N-ethyl adjacent to an activating group) is 1. The highest BCUT2D eigenvalue weighted by Gasteiger charge is 2.32. The van der Waals surface area contributed by atoms with E-state index in [0.717, 1.165) is 11.3 Å². The molecule has 0 radical (unpaired) electrons. The van der Waals surface area contributed by atoms with Crippen LogP contribution in [0.3, 0.4) is 0 Å². The van der Waals surface area contributed by atoms with Crippen LogP contribution in [-0.2, 0) is 4.79 Å². The predicted molar refractivity (Wildman–Crippen MR) is 100 cm³/mol. The van der Waals surface area contributed by atoms with E-state index in [1.807, 2.05) is 26.8 Å². The lowest BCUT2D eigenvalue weighted by Gasteiger charge is -2.33. The van der Waals surface area contributed by atoms with Crippen LogP contribution in [0, 0.1) is 0 Å². The molecule has 0 saturated heterocycles. The molecule has 1 aliphatic heterocycles. The van der Waals surface area contributed by atoms with Crippen molar-refractivity contribution in [3.8, 4) is 5.75 Å². The molecule has 130 valence electrons. The second-order valence-electron chi connectivity index (χ2n) is 5.44. The number of nitrogens with one attached hydrogen (secondary N) is 2. The maximum absolute atomic E-state index is 13.0. The number of thiocarbonyl (C=S) groups is 1. The fourth-order valence-corrected chi connectivity index (χ4v) is 3.31. The number of carbonyl (C=O) groups excluding carboxylic acids is 1. The van der Waals surface area contributed by atoms with Crippen molar-refractivity contribution in [2.24, 2.45) is 0 Å². The fourth-order valence-electron chi connectivity index (χ4n) is 2.77. The monoisotopic (exact) mass is 367 g/mol. The molecule has 2 N–H and O–H groups in total. The molecule has 1 aliphatic rings. The summed E-state index contributed by atoms with van der Waals surface area (Å²) in [5, 5.41) is 7.20. The Balaban J connectivity index is 2.48. The maximum Gasteiger partial charge on any atom is 0.253 e. The number of hydrogen-bond donors (Lipinski definition) is 2. The molecule has 0 fully saturated rings. The largest absolute Gasteiger partial charge is 0.495 e. The molecule has 1 atom stereocenters. The molecule has 1 aromatic carbocycles. The van der Waals surface area contributed by atoms with Crippen LogP contribution in [-0.4, -0.2) is 36.1 Å². The second kappa shape index (κ2) is 7.85. The van der Waals surface area contributed by atoms with E-state index in [4.69, 9.17) is 28.6 Å². The molecule has 24 heavy (non-hydrogen) atoms. The van der Waals surface area contributed by atoms with E-state index in [0.29, 0.717) is 34.5 Å². The standard InChI is InChI=1S/C17H22ClN3O2S/c1-5-21(6-2)16(22)14-10(3)19-17(24)20-15(14)11-7-8-13(23-4)12(18)9-11/h7-9,15H,5-6H2,1-4H3,(H2,19,20,24)/t15-/m0/s1. The zero-order valence-electron chi connectivity index (χ0n) is 14.3. The minimum atomic E-state index is -0.352. The van der Waals surface area contributed by atoms with Crippen molar-refractivity contribution in [2.75, 3.05) is 20.2 Å². The van der Waals surface area contributed by atoms with Crippen LogP contribution in [0.15, 0.2) is 29.5 Å². The number of ether oxygens (including phenoxy) is 1. The number of halogens is 1. The molecule has 1 heterocycles. The predicted octanol–water partition coefficient (Wildman–Crippen LogP) is 3.01. The lowest BCUT2D eigenvalue weighted by atomic mass is 9.94. The SMILES string of the molecule is CCN(CC)C(=O)C1=C(C)NC(=S)N[C@H]1c1ccc(OC)c(Cl)c1. The Morgan fingerprint density at radius 1 is 1.38 bits per heavy atom. The van der Waals surface area contributed by atoms with Crippen molar-refractivity contribution >= 4 is 34.8 Å². The zero-order chi connectivity index (χ0) is 17.9. The Morgan fingerprint density at radius 2 is 2.04 bits per heavy atom. The van der Waals surface area contributed by atoms with Gasteiger partial charge in [0.25, 0.3) is 5.91 Å². The normalized spacial score (nSPS) is 17.2. The average Bonchev–Trinajstić information content (AvgIpc) is 2.55. The number of carbonyl (C=O) groups is 1. The molecule has 5 nitrogen and oxygen atoms in total. The third kappa shape index (κ3) is 3.65. The number of rotatable bonds is 5. The van der Waals surface area contributed by atoms with Gasteiger partial charge in [0, 0.05) is 18.8 Å². The van der Waals surface area contributed by atoms with E-state index in [1.165, 1.54) is 0 Å². The van der Waals surface area contributed by atoms with Crippen LogP contribution >= 0.6 is 23.8 Å². The Labute approximate surface area is 153 Å². The Hall–Kier alpha value is -1.79. The van der Waals surface area contributed by atoms with Crippen molar-refractivity contribution in [3.05, 3.63) is 40.1 Å². The van der Waals surface area contributed by atoms with Gasteiger partial charge in [-0.1, -0.05) is 17.7 Å². The smallest absolute Gasteiger partial charge is 0.253 e. The first-order valence-electron chi connectivity index (χ1n) is 7.83. The van der Waals surface area contributed by atoms with E-state index in [9.17, 15) is 4.79 Å². The Bertz CT molecular complexity index is 686. The minimum absolute atomic E-state index is 0.0167. The molecule has 2 rings (SSSR count). The van der Waals surface area contributed by atoms with Gasteiger partial charge in [-0.15, -0.1) is 0 Å². The molecule has 0 aliphatic carbocycles. The van der Waals surface area contributed by atoms with Gasteiger partial charge in [0.2, 0.25) is 0 Å². The molecule has 0 spiro atoms. The maximum atomic E-state index is 13.0. The first kappa shape index (κ1) is 18.5. The lowest BCUT2D eigenvalue weighted by Crippen LogP contribution is -2.47. The second-order valence-corrected chi connectivity index (χ2v) is 6.26. The summed E-state index contributed by atoms with van der Waals surface area (Å²) in [6.07, 6.45) is 0. The van der Waals surface area contributed by atoms with E-state index in [-0.39, 0.29) is 11.9 Å². The van der Waals surface area contributed by atoms with Crippen LogP contribution in [0.25, 0.3) is 0 Å². The summed E-state index contributed by atoms with van der Waals surface area (Å²) in [6.45, 7) is 7.08.